The Morgan fingerprint density at radius 1 is 1.39 bits per heavy atom. The molecule has 1 atom stereocenters. The number of benzene rings is 1. The maximum atomic E-state index is 6.21. The second-order valence-corrected chi connectivity index (χ2v) is 5.53. The third-order valence-corrected chi connectivity index (χ3v) is 3.48. The predicted molar refractivity (Wildman–Crippen MR) is 81.7 cm³/mol. The molecule has 3 heteroatoms. The van der Waals surface area contributed by atoms with Crippen LogP contribution in [-0.4, -0.2) is 12.6 Å². The molecule has 1 nitrogen and oxygen atoms in total. The summed E-state index contributed by atoms with van der Waals surface area (Å²) in [5.41, 5.74) is 2.37. The van der Waals surface area contributed by atoms with Gasteiger partial charge in [-0.2, -0.15) is 0 Å². The van der Waals surface area contributed by atoms with E-state index in [4.69, 9.17) is 23.2 Å². The molecule has 0 fully saturated rings. The highest BCUT2D eigenvalue weighted by Crippen LogP contribution is 2.23. The highest BCUT2D eigenvalue weighted by atomic mass is 35.5. The van der Waals surface area contributed by atoms with E-state index >= 15 is 0 Å². The van der Waals surface area contributed by atoms with E-state index < -0.39 is 0 Å². The molecule has 0 bridgehead atoms. The van der Waals surface area contributed by atoms with E-state index in [1.54, 1.807) is 6.07 Å². The highest BCUT2D eigenvalue weighted by molar-refractivity contribution is 6.35. The first-order chi connectivity index (χ1) is 8.52. The van der Waals surface area contributed by atoms with Crippen molar-refractivity contribution in [3.63, 3.8) is 0 Å². The van der Waals surface area contributed by atoms with Crippen molar-refractivity contribution in [3.05, 3.63) is 46.0 Å². The van der Waals surface area contributed by atoms with Crippen LogP contribution in [0.2, 0.25) is 10.0 Å². The summed E-state index contributed by atoms with van der Waals surface area (Å²) in [6.07, 6.45) is 3.06. The van der Waals surface area contributed by atoms with Gasteiger partial charge in [0.2, 0.25) is 0 Å². The Labute approximate surface area is 120 Å². The third kappa shape index (κ3) is 5.43. The minimum absolute atomic E-state index is 0.436. The average molecular weight is 286 g/mol. The minimum atomic E-state index is 0.436. The zero-order valence-electron chi connectivity index (χ0n) is 11.1. The van der Waals surface area contributed by atoms with E-state index in [1.165, 1.54) is 5.57 Å². The SMILES string of the molecule is C=C(C)CCC(Cc1ccc(Cl)cc1Cl)NCC. The molecule has 0 aliphatic rings. The molecule has 0 saturated heterocycles. The van der Waals surface area contributed by atoms with Crippen LogP contribution in [0.25, 0.3) is 0 Å². The lowest BCUT2D eigenvalue weighted by Gasteiger charge is -2.18. The van der Waals surface area contributed by atoms with Crippen LogP contribution in [0.4, 0.5) is 0 Å². The van der Waals surface area contributed by atoms with Gasteiger partial charge in [0, 0.05) is 16.1 Å². The monoisotopic (exact) mass is 285 g/mol. The van der Waals surface area contributed by atoms with Gasteiger partial charge in [0.25, 0.3) is 0 Å². The molecule has 1 N–H and O–H groups in total. The van der Waals surface area contributed by atoms with Crippen LogP contribution in [0.5, 0.6) is 0 Å². The van der Waals surface area contributed by atoms with Crippen molar-refractivity contribution >= 4 is 23.2 Å². The average Bonchev–Trinajstić information content (AvgIpc) is 2.29. The molecule has 0 spiro atoms. The number of hydrogen-bond donors (Lipinski definition) is 1. The van der Waals surface area contributed by atoms with E-state index in [1.807, 2.05) is 12.1 Å². The van der Waals surface area contributed by atoms with Crippen molar-refractivity contribution in [3.8, 4) is 0 Å². The van der Waals surface area contributed by atoms with E-state index in [9.17, 15) is 0 Å². The fourth-order valence-corrected chi connectivity index (χ4v) is 2.42. The maximum absolute atomic E-state index is 6.21. The van der Waals surface area contributed by atoms with Crippen LogP contribution in [-0.2, 0) is 6.42 Å². The predicted octanol–water partition coefficient (Wildman–Crippen LogP) is 4.87. The van der Waals surface area contributed by atoms with Crippen LogP contribution in [0.1, 0.15) is 32.3 Å². The molecule has 1 unspecified atom stereocenters. The lowest BCUT2D eigenvalue weighted by atomic mass is 10.00. The zero-order valence-corrected chi connectivity index (χ0v) is 12.6. The molecule has 100 valence electrons. The summed E-state index contributed by atoms with van der Waals surface area (Å²) in [5, 5.41) is 4.93. The van der Waals surface area contributed by atoms with Gasteiger partial charge in [-0.15, -0.1) is 6.58 Å². The van der Waals surface area contributed by atoms with Crippen molar-refractivity contribution < 1.29 is 0 Å². The first-order valence-electron chi connectivity index (χ1n) is 6.34. The summed E-state index contributed by atoms with van der Waals surface area (Å²) in [7, 11) is 0. The Morgan fingerprint density at radius 3 is 2.67 bits per heavy atom. The number of hydrogen-bond acceptors (Lipinski definition) is 1. The van der Waals surface area contributed by atoms with Gasteiger partial charge in [0.1, 0.15) is 0 Å². The Hall–Kier alpha value is -0.500. The van der Waals surface area contributed by atoms with Crippen LogP contribution < -0.4 is 5.32 Å². The lowest BCUT2D eigenvalue weighted by molar-refractivity contribution is 0.490. The number of halogens is 2. The molecule has 1 aromatic rings. The molecule has 0 heterocycles. The molecule has 18 heavy (non-hydrogen) atoms. The molecular weight excluding hydrogens is 265 g/mol. The molecule has 0 amide bonds. The van der Waals surface area contributed by atoms with Crippen molar-refractivity contribution in [1.82, 2.24) is 5.32 Å². The van der Waals surface area contributed by atoms with Crippen molar-refractivity contribution in [2.24, 2.45) is 0 Å². The van der Waals surface area contributed by atoms with Crippen LogP contribution >= 0.6 is 23.2 Å². The summed E-state index contributed by atoms with van der Waals surface area (Å²) in [6.45, 7) is 9.11. The van der Waals surface area contributed by atoms with Crippen molar-refractivity contribution in [2.75, 3.05) is 6.54 Å². The quantitative estimate of drug-likeness (QED) is 0.705. The van der Waals surface area contributed by atoms with Crippen LogP contribution in [0, 0.1) is 0 Å². The van der Waals surface area contributed by atoms with Gasteiger partial charge >= 0.3 is 0 Å². The third-order valence-electron chi connectivity index (χ3n) is 2.89. The normalized spacial score (nSPS) is 12.4. The Balaban J connectivity index is 2.66. The fraction of sp³-hybridized carbons (Fsp3) is 0.467. The first-order valence-corrected chi connectivity index (χ1v) is 7.10. The van der Waals surface area contributed by atoms with E-state index in [0.29, 0.717) is 11.1 Å². The first kappa shape index (κ1) is 15.6. The summed E-state index contributed by atoms with van der Waals surface area (Å²) < 4.78 is 0. The number of nitrogens with one attached hydrogen (secondary N) is 1. The zero-order chi connectivity index (χ0) is 13.5. The topological polar surface area (TPSA) is 12.0 Å². The van der Waals surface area contributed by atoms with Gasteiger partial charge in [0.15, 0.2) is 0 Å². The number of rotatable bonds is 7. The van der Waals surface area contributed by atoms with E-state index in [0.717, 1.165) is 36.4 Å². The maximum Gasteiger partial charge on any atom is 0.0453 e. The van der Waals surface area contributed by atoms with E-state index in [2.05, 4.69) is 25.7 Å². The second kappa shape index (κ2) is 7.83. The molecule has 1 aromatic carbocycles. The summed E-state index contributed by atoms with van der Waals surface area (Å²) in [5.74, 6) is 0. The second-order valence-electron chi connectivity index (χ2n) is 4.69. The van der Waals surface area contributed by atoms with Crippen molar-refractivity contribution in [1.29, 1.82) is 0 Å². The van der Waals surface area contributed by atoms with Crippen LogP contribution in [0.3, 0.4) is 0 Å². The van der Waals surface area contributed by atoms with E-state index in [-0.39, 0.29) is 0 Å². The van der Waals surface area contributed by atoms with Gasteiger partial charge in [-0.1, -0.05) is 41.8 Å². The van der Waals surface area contributed by atoms with Gasteiger partial charge in [-0.05, 0) is 50.4 Å². The minimum Gasteiger partial charge on any atom is -0.314 e. The van der Waals surface area contributed by atoms with Gasteiger partial charge < -0.3 is 5.32 Å². The van der Waals surface area contributed by atoms with Gasteiger partial charge in [0.05, 0.1) is 0 Å². The fourth-order valence-electron chi connectivity index (χ4n) is 1.94. The highest BCUT2D eigenvalue weighted by Gasteiger charge is 2.11. The molecule has 1 rings (SSSR count). The smallest absolute Gasteiger partial charge is 0.0453 e. The number of allylic oxidation sites excluding steroid dienone is 1. The molecular formula is C15H21Cl2N. The molecule has 0 aliphatic carbocycles. The van der Waals surface area contributed by atoms with Crippen molar-refractivity contribution in [2.45, 2.75) is 39.2 Å². The Morgan fingerprint density at radius 2 is 2.11 bits per heavy atom. The summed E-state index contributed by atoms with van der Waals surface area (Å²) in [6, 6.07) is 6.14. The standard InChI is InChI=1S/C15H21Cl2N/c1-4-18-14(8-5-11(2)3)9-12-6-7-13(16)10-15(12)17/h6-7,10,14,18H,2,4-5,8-9H2,1,3H3. The Kier molecular flexibility index (Phi) is 6.77. The Bertz CT molecular complexity index is 401. The summed E-state index contributed by atoms with van der Waals surface area (Å²) in [4.78, 5) is 0. The summed E-state index contributed by atoms with van der Waals surface area (Å²) >= 11 is 12.1. The molecule has 0 radical (unpaired) electrons. The molecule has 0 saturated carbocycles. The van der Waals surface area contributed by atoms with Gasteiger partial charge in [-0.25, -0.2) is 0 Å². The van der Waals surface area contributed by atoms with Crippen LogP contribution in [0.15, 0.2) is 30.4 Å². The number of likely N-dealkylation sites (N-methyl/N-ethyl adjacent to an activating group) is 1. The largest absolute Gasteiger partial charge is 0.314 e. The molecule has 0 aromatic heterocycles. The lowest BCUT2D eigenvalue weighted by Crippen LogP contribution is -2.31. The molecule has 0 aliphatic heterocycles. The van der Waals surface area contributed by atoms with Gasteiger partial charge in [-0.3, -0.25) is 0 Å².